The molecule has 0 unspecified atom stereocenters. The number of ether oxygens (including phenoxy) is 1. The Hall–Kier alpha value is -1.82. The number of carbonyl (C=O) groups is 1. The largest absolute Gasteiger partial charge is 0.416 e. The molecule has 0 radical (unpaired) electrons. The average Bonchev–Trinajstić information content (AvgIpc) is 2.40. The number of hydrogen-bond acceptors (Lipinski definition) is 3. The molecule has 1 fully saturated rings. The minimum atomic E-state index is -0.840. The van der Waals surface area contributed by atoms with E-state index in [0.29, 0.717) is 11.7 Å². The second kappa shape index (κ2) is 5.49. The number of nitrogens with zero attached hydrogens (tertiary/aromatic N) is 1. The third-order valence-corrected chi connectivity index (χ3v) is 3.26. The third-order valence-electron chi connectivity index (χ3n) is 3.26. The lowest BCUT2D eigenvalue weighted by Crippen LogP contribution is -2.10. The molecular formula is C14H15NO2. The van der Waals surface area contributed by atoms with Crippen LogP contribution in [0.5, 0.6) is 5.75 Å². The van der Waals surface area contributed by atoms with E-state index in [9.17, 15) is 4.79 Å². The number of rotatable bonds is 2. The number of esters is 1. The van der Waals surface area contributed by atoms with Gasteiger partial charge in [0.15, 0.2) is 6.07 Å². The van der Waals surface area contributed by atoms with Crippen LogP contribution < -0.4 is 4.74 Å². The summed E-state index contributed by atoms with van der Waals surface area (Å²) in [6, 6.07) is 9.02. The van der Waals surface area contributed by atoms with Crippen molar-refractivity contribution in [2.75, 3.05) is 0 Å². The van der Waals surface area contributed by atoms with Crippen LogP contribution in [0, 0.1) is 11.3 Å². The third kappa shape index (κ3) is 2.85. The zero-order chi connectivity index (χ0) is 12.1. The van der Waals surface area contributed by atoms with Gasteiger partial charge in [0, 0.05) is 0 Å². The van der Waals surface area contributed by atoms with Gasteiger partial charge in [0.05, 0.1) is 0 Å². The molecule has 0 amide bonds. The number of carbonyl (C=O) groups excluding carboxylic acids is 1. The van der Waals surface area contributed by atoms with E-state index in [1.165, 1.54) is 25.3 Å². The highest BCUT2D eigenvalue weighted by atomic mass is 16.5. The average molecular weight is 229 g/mol. The Morgan fingerprint density at radius 3 is 2.65 bits per heavy atom. The molecule has 1 aliphatic rings. The second-order valence-electron chi connectivity index (χ2n) is 4.37. The summed E-state index contributed by atoms with van der Waals surface area (Å²) in [7, 11) is 0. The van der Waals surface area contributed by atoms with Gasteiger partial charge in [-0.15, -0.1) is 0 Å². The van der Waals surface area contributed by atoms with E-state index in [1.807, 2.05) is 18.2 Å². The molecule has 0 atom stereocenters. The maximum atomic E-state index is 11.0. The highest BCUT2D eigenvalue weighted by Gasteiger charge is 2.19. The van der Waals surface area contributed by atoms with Gasteiger partial charge in [-0.25, -0.2) is 4.79 Å². The molecule has 1 aromatic rings. The van der Waals surface area contributed by atoms with E-state index in [0.717, 1.165) is 18.4 Å². The molecule has 0 aromatic heterocycles. The lowest BCUT2D eigenvalue weighted by atomic mass is 9.84. The first-order valence-electron chi connectivity index (χ1n) is 6.02. The van der Waals surface area contributed by atoms with Gasteiger partial charge in [0.25, 0.3) is 0 Å². The Morgan fingerprint density at radius 1 is 1.24 bits per heavy atom. The van der Waals surface area contributed by atoms with Gasteiger partial charge < -0.3 is 4.74 Å². The summed E-state index contributed by atoms with van der Waals surface area (Å²) in [6.07, 6.45) is 6.02. The maximum Gasteiger partial charge on any atom is 0.416 e. The predicted octanol–water partition coefficient (Wildman–Crippen LogP) is 3.16. The Balaban J connectivity index is 2.20. The molecule has 1 aliphatic carbocycles. The van der Waals surface area contributed by atoms with Gasteiger partial charge in [0.1, 0.15) is 5.75 Å². The highest BCUT2D eigenvalue weighted by molar-refractivity contribution is 5.87. The van der Waals surface area contributed by atoms with Crippen molar-refractivity contribution in [1.82, 2.24) is 0 Å². The normalized spacial score (nSPS) is 16.2. The SMILES string of the molecule is N#CC(=O)Oc1ccccc1C1CCCCC1. The first-order chi connectivity index (χ1) is 8.31. The molecule has 0 aliphatic heterocycles. The fourth-order valence-corrected chi connectivity index (χ4v) is 2.45. The number of benzene rings is 1. The van der Waals surface area contributed by atoms with E-state index < -0.39 is 5.97 Å². The maximum absolute atomic E-state index is 11.0. The van der Waals surface area contributed by atoms with Crippen LogP contribution in [-0.4, -0.2) is 5.97 Å². The van der Waals surface area contributed by atoms with Crippen LogP contribution in [0.1, 0.15) is 43.6 Å². The van der Waals surface area contributed by atoms with Gasteiger partial charge in [0.2, 0.25) is 0 Å². The molecule has 1 saturated carbocycles. The number of para-hydroxylation sites is 1. The Morgan fingerprint density at radius 2 is 1.94 bits per heavy atom. The summed E-state index contributed by atoms with van der Waals surface area (Å²) >= 11 is 0. The highest BCUT2D eigenvalue weighted by Crippen LogP contribution is 2.37. The van der Waals surface area contributed by atoms with Crippen molar-refractivity contribution >= 4 is 5.97 Å². The quantitative estimate of drug-likeness (QED) is 0.444. The lowest BCUT2D eigenvalue weighted by molar-refractivity contribution is -0.128. The Labute approximate surface area is 101 Å². The van der Waals surface area contributed by atoms with E-state index in [-0.39, 0.29) is 0 Å². The van der Waals surface area contributed by atoms with Crippen molar-refractivity contribution in [3.8, 4) is 11.8 Å². The number of nitriles is 1. The summed E-state index contributed by atoms with van der Waals surface area (Å²) in [5, 5.41) is 8.47. The molecule has 0 spiro atoms. The van der Waals surface area contributed by atoms with Crippen LogP contribution in [-0.2, 0) is 4.79 Å². The zero-order valence-electron chi connectivity index (χ0n) is 9.69. The standard InChI is InChI=1S/C14H15NO2/c15-10-14(16)17-13-9-5-4-8-12(13)11-6-2-1-3-7-11/h4-5,8-9,11H,1-3,6-7H2. The molecule has 3 heteroatoms. The van der Waals surface area contributed by atoms with Crippen LogP contribution in [0.3, 0.4) is 0 Å². The fourth-order valence-electron chi connectivity index (χ4n) is 2.45. The molecular weight excluding hydrogens is 214 g/mol. The molecule has 17 heavy (non-hydrogen) atoms. The van der Waals surface area contributed by atoms with Gasteiger partial charge in [-0.1, -0.05) is 37.5 Å². The van der Waals surface area contributed by atoms with Crippen LogP contribution in [0.2, 0.25) is 0 Å². The Kier molecular flexibility index (Phi) is 3.77. The van der Waals surface area contributed by atoms with Crippen molar-refractivity contribution in [3.63, 3.8) is 0 Å². The van der Waals surface area contributed by atoms with Crippen LogP contribution in [0.25, 0.3) is 0 Å². The predicted molar refractivity (Wildman–Crippen MR) is 63.5 cm³/mol. The molecule has 2 rings (SSSR count). The molecule has 88 valence electrons. The van der Waals surface area contributed by atoms with E-state index >= 15 is 0 Å². The second-order valence-corrected chi connectivity index (χ2v) is 4.37. The summed E-state index contributed by atoms with van der Waals surface area (Å²) in [5.41, 5.74) is 1.07. The first-order valence-corrected chi connectivity index (χ1v) is 6.02. The molecule has 0 heterocycles. The first kappa shape index (κ1) is 11.7. The summed E-state index contributed by atoms with van der Waals surface area (Å²) < 4.78 is 5.05. The lowest BCUT2D eigenvalue weighted by Gasteiger charge is -2.23. The van der Waals surface area contributed by atoms with Gasteiger partial charge in [-0.05, 0) is 30.4 Å². The number of hydrogen-bond donors (Lipinski definition) is 0. The van der Waals surface area contributed by atoms with Crippen LogP contribution >= 0.6 is 0 Å². The smallest absolute Gasteiger partial charge is 0.415 e. The van der Waals surface area contributed by atoms with Gasteiger partial charge in [-0.2, -0.15) is 5.26 Å². The van der Waals surface area contributed by atoms with Gasteiger partial charge in [-0.3, -0.25) is 0 Å². The molecule has 0 saturated heterocycles. The summed E-state index contributed by atoms with van der Waals surface area (Å²) in [4.78, 5) is 11.0. The van der Waals surface area contributed by atoms with Crippen molar-refractivity contribution in [2.24, 2.45) is 0 Å². The van der Waals surface area contributed by atoms with Gasteiger partial charge >= 0.3 is 5.97 Å². The molecule has 3 nitrogen and oxygen atoms in total. The summed E-state index contributed by atoms with van der Waals surface area (Å²) in [6.45, 7) is 0. The topological polar surface area (TPSA) is 50.1 Å². The molecule has 0 bridgehead atoms. The molecule has 0 N–H and O–H groups in total. The van der Waals surface area contributed by atoms with Crippen molar-refractivity contribution in [2.45, 2.75) is 38.0 Å². The van der Waals surface area contributed by atoms with Crippen LogP contribution in [0.15, 0.2) is 24.3 Å². The van der Waals surface area contributed by atoms with Crippen LogP contribution in [0.4, 0.5) is 0 Å². The van der Waals surface area contributed by atoms with E-state index in [2.05, 4.69) is 0 Å². The summed E-state index contributed by atoms with van der Waals surface area (Å²) in [5.74, 6) is 0.172. The van der Waals surface area contributed by atoms with E-state index in [1.54, 1.807) is 6.07 Å². The Bertz CT molecular complexity index is 442. The fraction of sp³-hybridized carbons (Fsp3) is 0.429. The minimum absolute atomic E-state index is 0.464. The molecule has 1 aromatic carbocycles. The zero-order valence-corrected chi connectivity index (χ0v) is 9.69. The minimum Gasteiger partial charge on any atom is -0.415 e. The van der Waals surface area contributed by atoms with Crippen molar-refractivity contribution in [1.29, 1.82) is 5.26 Å². The van der Waals surface area contributed by atoms with Crippen molar-refractivity contribution in [3.05, 3.63) is 29.8 Å². The van der Waals surface area contributed by atoms with Crippen molar-refractivity contribution < 1.29 is 9.53 Å². The monoisotopic (exact) mass is 229 g/mol. The van der Waals surface area contributed by atoms with E-state index in [4.69, 9.17) is 10.00 Å².